The fourth-order valence-corrected chi connectivity index (χ4v) is 3.01. The van der Waals surface area contributed by atoms with Gasteiger partial charge in [0.15, 0.2) is 5.79 Å². The second-order valence-electron chi connectivity index (χ2n) is 5.52. The highest BCUT2D eigenvalue weighted by molar-refractivity contribution is 7.50. The molecule has 0 aromatic heterocycles. The number of phenols is 1. The topological polar surface area (TPSA) is 151 Å². The molecule has 0 saturated heterocycles. The third kappa shape index (κ3) is 3.92. The molecule has 9 heteroatoms. The number of benzene rings is 1. The van der Waals surface area contributed by atoms with Gasteiger partial charge in [-0.2, -0.15) is 4.76 Å². The largest absolute Gasteiger partial charge is 0.511 e. The fraction of sp³-hybridized carbons (Fsp3) is 0.267. The van der Waals surface area contributed by atoms with Crippen LogP contribution in [0.15, 0.2) is 53.0 Å². The van der Waals surface area contributed by atoms with Gasteiger partial charge in [0.05, 0.1) is 5.71 Å². The van der Waals surface area contributed by atoms with E-state index in [4.69, 9.17) is 9.79 Å². The van der Waals surface area contributed by atoms with Crippen molar-refractivity contribution >= 4 is 13.5 Å². The first-order valence-electron chi connectivity index (χ1n) is 6.99. The van der Waals surface area contributed by atoms with Crippen LogP contribution in [0.1, 0.15) is 18.4 Å². The van der Waals surface area contributed by atoms with Crippen molar-refractivity contribution in [3.63, 3.8) is 0 Å². The molecule has 1 aromatic carbocycles. The molecule has 0 saturated carbocycles. The van der Waals surface area contributed by atoms with Crippen LogP contribution in [-0.4, -0.2) is 41.7 Å². The number of hydrogen-bond donors (Lipinski definition) is 6. The Hall–Kier alpha value is -1.96. The summed E-state index contributed by atoms with van der Waals surface area (Å²) in [5.41, 5.74) is 0.0923. The van der Waals surface area contributed by atoms with Crippen molar-refractivity contribution in [2.24, 2.45) is 10.7 Å². The van der Waals surface area contributed by atoms with Gasteiger partial charge in [-0.3, -0.25) is 0 Å². The quantitative estimate of drug-likeness (QED) is 0.352. The standard InChI is InChI=1S/C15H18NO7P/c1-9(10-5-7-11(17)8-6-10)15(19,20)14-12(16-24(21,22)23)3-2-4-13(14)18/h2-9,14,17-20H,1H3,(H2,21,22,23)/b16-12+. The highest BCUT2D eigenvalue weighted by atomic mass is 31.2. The minimum absolute atomic E-state index is 0.000441. The molecule has 1 aromatic rings. The van der Waals surface area contributed by atoms with Crippen molar-refractivity contribution in [3.8, 4) is 5.75 Å². The van der Waals surface area contributed by atoms with E-state index in [1.54, 1.807) is 0 Å². The molecule has 8 nitrogen and oxygen atoms in total. The number of allylic oxidation sites excluding steroid dienone is 3. The first kappa shape index (κ1) is 18.4. The first-order chi connectivity index (χ1) is 11.0. The minimum atomic E-state index is -4.83. The monoisotopic (exact) mass is 355 g/mol. The summed E-state index contributed by atoms with van der Waals surface area (Å²) < 4.78 is 14.3. The number of aliphatic hydroxyl groups excluding tert-OH is 1. The molecule has 0 heterocycles. The van der Waals surface area contributed by atoms with Crippen LogP contribution in [0.4, 0.5) is 0 Å². The molecule has 130 valence electrons. The molecule has 1 aliphatic carbocycles. The van der Waals surface area contributed by atoms with Gasteiger partial charge in [-0.1, -0.05) is 25.1 Å². The number of phenolic OH excluding ortho intramolecular Hbond substituents is 1. The summed E-state index contributed by atoms with van der Waals surface area (Å²) in [5, 5.41) is 40.5. The lowest BCUT2D eigenvalue weighted by molar-refractivity contribution is -0.195. The number of aliphatic hydroxyl groups is 3. The maximum atomic E-state index is 11.1. The van der Waals surface area contributed by atoms with Gasteiger partial charge in [0.25, 0.3) is 0 Å². The zero-order valence-electron chi connectivity index (χ0n) is 12.7. The normalized spacial score (nSPS) is 21.6. The van der Waals surface area contributed by atoms with Crippen LogP contribution in [0.5, 0.6) is 5.75 Å². The Labute approximate surface area is 138 Å². The Balaban J connectivity index is 2.46. The van der Waals surface area contributed by atoms with Crippen LogP contribution >= 0.6 is 7.75 Å². The van der Waals surface area contributed by atoms with Gasteiger partial charge in [0.1, 0.15) is 17.4 Å². The van der Waals surface area contributed by atoms with E-state index in [9.17, 15) is 25.0 Å². The average molecular weight is 355 g/mol. The summed E-state index contributed by atoms with van der Waals surface area (Å²) in [6.45, 7) is 1.47. The molecule has 2 unspecified atom stereocenters. The minimum Gasteiger partial charge on any atom is -0.511 e. The van der Waals surface area contributed by atoms with E-state index in [1.807, 2.05) is 0 Å². The maximum Gasteiger partial charge on any atom is 0.448 e. The Morgan fingerprint density at radius 1 is 1.17 bits per heavy atom. The number of nitrogens with zero attached hydrogens (tertiary/aromatic N) is 1. The van der Waals surface area contributed by atoms with Gasteiger partial charge >= 0.3 is 7.75 Å². The summed E-state index contributed by atoms with van der Waals surface area (Å²) in [6, 6.07) is 5.67. The zero-order valence-corrected chi connectivity index (χ0v) is 13.6. The second-order valence-corrected chi connectivity index (χ2v) is 6.74. The highest BCUT2D eigenvalue weighted by Crippen LogP contribution is 2.42. The van der Waals surface area contributed by atoms with Crippen molar-refractivity contribution in [2.75, 3.05) is 0 Å². The lowest BCUT2D eigenvalue weighted by Gasteiger charge is -2.37. The van der Waals surface area contributed by atoms with Gasteiger partial charge in [-0.05, 0) is 29.8 Å². The van der Waals surface area contributed by atoms with Crippen molar-refractivity contribution in [2.45, 2.75) is 18.6 Å². The fourth-order valence-electron chi connectivity index (χ4n) is 2.52. The molecule has 2 atom stereocenters. The number of aromatic hydroxyl groups is 1. The third-order valence-corrected chi connectivity index (χ3v) is 4.32. The van der Waals surface area contributed by atoms with E-state index in [0.29, 0.717) is 5.56 Å². The van der Waals surface area contributed by atoms with Gasteiger partial charge < -0.3 is 30.2 Å². The Morgan fingerprint density at radius 3 is 2.29 bits per heavy atom. The lowest BCUT2D eigenvalue weighted by atomic mass is 9.78. The smallest absolute Gasteiger partial charge is 0.448 e. The van der Waals surface area contributed by atoms with Crippen molar-refractivity contribution in [1.82, 2.24) is 0 Å². The van der Waals surface area contributed by atoms with E-state index in [-0.39, 0.29) is 11.5 Å². The van der Waals surface area contributed by atoms with Crippen LogP contribution in [-0.2, 0) is 4.57 Å². The Bertz CT molecular complexity index is 746. The molecule has 0 amide bonds. The predicted molar refractivity (Wildman–Crippen MR) is 86.5 cm³/mol. The summed E-state index contributed by atoms with van der Waals surface area (Å²) in [6.07, 6.45) is 3.67. The van der Waals surface area contributed by atoms with E-state index < -0.39 is 31.1 Å². The molecule has 6 N–H and O–H groups in total. The van der Waals surface area contributed by atoms with E-state index in [1.165, 1.54) is 49.4 Å². The summed E-state index contributed by atoms with van der Waals surface area (Å²) >= 11 is 0. The molecular formula is C15H18NO7P. The van der Waals surface area contributed by atoms with Crippen LogP contribution in [0, 0.1) is 5.92 Å². The molecule has 24 heavy (non-hydrogen) atoms. The Kier molecular flexibility index (Phi) is 4.98. The van der Waals surface area contributed by atoms with Crippen LogP contribution in [0.25, 0.3) is 0 Å². The summed E-state index contributed by atoms with van der Waals surface area (Å²) in [5.74, 6) is -5.58. The van der Waals surface area contributed by atoms with E-state index >= 15 is 0 Å². The van der Waals surface area contributed by atoms with Gasteiger partial charge in [-0.15, -0.1) is 0 Å². The van der Waals surface area contributed by atoms with Gasteiger partial charge in [0, 0.05) is 5.92 Å². The summed E-state index contributed by atoms with van der Waals surface area (Å²) in [7, 11) is -4.83. The molecule has 0 spiro atoms. The van der Waals surface area contributed by atoms with Crippen molar-refractivity contribution in [1.29, 1.82) is 0 Å². The zero-order chi connectivity index (χ0) is 18.1. The van der Waals surface area contributed by atoms with Crippen molar-refractivity contribution < 1.29 is 34.8 Å². The van der Waals surface area contributed by atoms with Crippen molar-refractivity contribution in [3.05, 3.63) is 53.8 Å². The van der Waals surface area contributed by atoms with Gasteiger partial charge in [-0.25, -0.2) is 4.57 Å². The number of rotatable bonds is 4. The SMILES string of the molecule is CC(c1ccc(O)cc1)C(O)(O)C1C(O)=CC=C/C1=N\P(=O)(O)O. The molecule has 0 radical (unpaired) electrons. The average Bonchev–Trinajstić information content (AvgIpc) is 2.45. The molecule has 1 aliphatic rings. The highest BCUT2D eigenvalue weighted by Gasteiger charge is 2.46. The van der Waals surface area contributed by atoms with E-state index in [0.717, 1.165) is 0 Å². The lowest BCUT2D eigenvalue weighted by Crippen LogP contribution is -2.47. The number of hydrogen-bond acceptors (Lipinski definition) is 5. The van der Waals surface area contributed by atoms with Crippen LogP contribution < -0.4 is 0 Å². The second kappa shape index (κ2) is 6.51. The van der Waals surface area contributed by atoms with Crippen LogP contribution in [0.2, 0.25) is 0 Å². The van der Waals surface area contributed by atoms with E-state index in [2.05, 4.69) is 4.76 Å². The first-order valence-corrected chi connectivity index (χ1v) is 8.55. The summed E-state index contributed by atoms with van der Waals surface area (Å²) in [4.78, 5) is 18.0. The molecule has 0 aliphatic heterocycles. The molecular weight excluding hydrogens is 337 g/mol. The van der Waals surface area contributed by atoms with Gasteiger partial charge in [0.2, 0.25) is 0 Å². The Morgan fingerprint density at radius 2 is 1.75 bits per heavy atom. The van der Waals surface area contributed by atoms with Crippen LogP contribution in [0.3, 0.4) is 0 Å². The third-order valence-electron chi connectivity index (χ3n) is 3.83. The molecule has 0 fully saturated rings. The molecule has 2 rings (SSSR count). The predicted octanol–water partition coefficient (Wildman–Crippen LogP) is 1.34. The molecule has 0 bridgehead atoms. The maximum absolute atomic E-state index is 11.1.